The molecule has 0 radical (unpaired) electrons. The number of aromatic nitrogens is 3. The monoisotopic (exact) mass is 333 g/mol. The van der Waals surface area contributed by atoms with E-state index in [2.05, 4.69) is 57.2 Å². The fourth-order valence-electron chi connectivity index (χ4n) is 2.68. The molecule has 5 heteroatoms. The molecule has 1 N–H and O–H groups in total. The van der Waals surface area contributed by atoms with Gasteiger partial charge in [-0.1, -0.05) is 17.7 Å². The van der Waals surface area contributed by atoms with Crippen LogP contribution in [-0.2, 0) is 6.42 Å². The number of hydrogen-bond acceptors (Lipinski definition) is 5. The summed E-state index contributed by atoms with van der Waals surface area (Å²) in [4.78, 5) is 14.9. The van der Waals surface area contributed by atoms with E-state index < -0.39 is 0 Å². The van der Waals surface area contributed by atoms with Crippen LogP contribution < -0.4 is 10.2 Å². The van der Waals surface area contributed by atoms with Crippen LogP contribution in [0.3, 0.4) is 0 Å². The van der Waals surface area contributed by atoms with E-state index in [1.165, 1.54) is 16.7 Å². The highest BCUT2D eigenvalue weighted by atomic mass is 15.2. The Balaban J connectivity index is 1.68. The number of rotatable bonds is 6. The van der Waals surface area contributed by atoms with E-state index in [0.29, 0.717) is 0 Å². The fraction of sp³-hybridized carbons (Fsp3) is 0.250. The predicted molar refractivity (Wildman–Crippen MR) is 102 cm³/mol. The summed E-state index contributed by atoms with van der Waals surface area (Å²) in [6.07, 6.45) is 6.20. The molecule has 0 fully saturated rings. The van der Waals surface area contributed by atoms with E-state index in [0.717, 1.165) is 30.3 Å². The molecule has 0 unspecified atom stereocenters. The normalized spacial score (nSPS) is 10.5. The second-order valence-electron chi connectivity index (χ2n) is 6.23. The molecule has 0 spiro atoms. The number of anilines is 3. The Morgan fingerprint density at radius 2 is 1.80 bits per heavy atom. The summed E-state index contributed by atoms with van der Waals surface area (Å²) in [6, 6.07) is 12.4. The molecule has 0 aliphatic rings. The van der Waals surface area contributed by atoms with Crippen LogP contribution >= 0.6 is 0 Å². The van der Waals surface area contributed by atoms with Crippen molar-refractivity contribution in [1.82, 2.24) is 15.0 Å². The molecule has 0 aliphatic heterocycles. The van der Waals surface area contributed by atoms with Crippen LogP contribution in [0.15, 0.2) is 55.1 Å². The van der Waals surface area contributed by atoms with Gasteiger partial charge < -0.3 is 10.2 Å². The van der Waals surface area contributed by atoms with E-state index in [1.807, 2.05) is 37.6 Å². The SMILES string of the molecule is Cc1ccc(Nc2cc(N(C)CCc3ccncc3)ncn2)c(C)c1. The Bertz CT molecular complexity index is 832. The summed E-state index contributed by atoms with van der Waals surface area (Å²) in [7, 11) is 2.05. The molecule has 0 bridgehead atoms. The van der Waals surface area contributed by atoms with Crippen molar-refractivity contribution in [3.63, 3.8) is 0 Å². The smallest absolute Gasteiger partial charge is 0.135 e. The minimum absolute atomic E-state index is 0.799. The third-order valence-electron chi connectivity index (χ3n) is 4.17. The lowest BCUT2D eigenvalue weighted by Crippen LogP contribution is -2.21. The van der Waals surface area contributed by atoms with Gasteiger partial charge in [-0.2, -0.15) is 0 Å². The number of hydrogen-bond donors (Lipinski definition) is 1. The van der Waals surface area contributed by atoms with Crippen molar-refractivity contribution in [3.8, 4) is 0 Å². The Labute approximate surface area is 148 Å². The maximum absolute atomic E-state index is 4.39. The van der Waals surface area contributed by atoms with Gasteiger partial charge in [-0.15, -0.1) is 0 Å². The minimum Gasteiger partial charge on any atom is -0.359 e. The first-order valence-electron chi connectivity index (χ1n) is 8.38. The lowest BCUT2D eigenvalue weighted by Gasteiger charge is -2.19. The number of aryl methyl sites for hydroxylation is 2. The van der Waals surface area contributed by atoms with Gasteiger partial charge in [0.05, 0.1) is 0 Å². The van der Waals surface area contributed by atoms with E-state index in [9.17, 15) is 0 Å². The van der Waals surface area contributed by atoms with Crippen LogP contribution in [0.2, 0.25) is 0 Å². The first-order chi connectivity index (χ1) is 12.1. The summed E-state index contributed by atoms with van der Waals surface area (Å²) in [5, 5.41) is 3.38. The topological polar surface area (TPSA) is 53.9 Å². The zero-order chi connectivity index (χ0) is 17.6. The molecule has 0 saturated heterocycles. The van der Waals surface area contributed by atoms with Crippen LogP contribution in [0, 0.1) is 13.8 Å². The summed E-state index contributed by atoms with van der Waals surface area (Å²) < 4.78 is 0. The Hall–Kier alpha value is -2.95. The van der Waals surface area contributed by atoms with E-state index in [4.69, 9.17) is 0 Å². The Kier molecular flexibility index (Phi) is 5.23. The Morgan fingerprint density at radius 3 is 2.56 bits per heavy atom. The molecule has 0 aliphatic carbocycles. The van der Waals surface area contributed by atoms with Crippen molar-refractivity contribution < 1.29 is 0 Å². The second kappa shape index (κ2) is 7.75. The van der Waals surface area contributed by atoms with Crippen LogP contribution in [0.4, 0.5) is 17.3 Å². The largest absolute Gasteiger partial charge is 0.359 e. The minimum atomic E-state index is 0.799. The molecule has 0 atom stereocenters. The molecule has 1 aromatic carbocycles. The van der Waals surface area contributed by atoms with Crippen LogP contribution in [0.5, 0.6) is 0 Å². The van der Waals surface area contributed by atoms with Crippen molar-refractivity contribution in [1.29, 1.82) is 0 Å². The molecule has 3 aromatic rings. The van der Waals surface area contributed by atoms with Crippen LogP contribution in [0.25, 0.3) is 0 Å². The second-order valence-corrected chi connectivity index (χ2v) is 6.23. The van der Waals surface area contributed by atoms with Gasteiger partial charge in [0.25, 0.3) is 0 Å². The van der Waals surface area contributed by atoms with Crippen LogP contribution in [-0.4, -0.2) is 28.5 Å². The molecular formula is C20H23N5. The summed E-state index contributed by atoms with van der Waals surface area (Å²) in [6.45, 7) is 5.07. The Morgan fingerprint density at radius 1 is 1.00 bits per heavy atom. The highest BCUT2D eigenvalue weighted by Crippen LogP contribution is 2.22. The summed E-state index contributed by atoms with van der Waals surface area (Å²) in [5.41, 5.74) is 4.78. The number of benzene rings is 1. The molecule has 0 saturated carbocycles. The van der Waals surface area contributed by atoms with Gasteiger partial charge in [0.15, 0.2) is 0 Å². The van der Waals surface area contributed by atoms with Gasteiger partial charge in [-0.3, -0.25) is 4.98 Å². The third-order valence-corrected chi connectivity index (χ3v) is 4.17. The quantitative estimate of drug-likeness (QED) is 0.741. The first-order valence-corrected chi connectivity index (χ1v) is 8.38. The molecule has 25 heavy (non-hydrogen) atoms. The molecule has 0 amide bonds. The predicted octanol–water partition coefficient (Wildman–Crippen LogP) is 3.91. The van der Waals surface area contributed by atoms with E-state index in [-0.39, 0.29) is 0 Å². The number of nitrogens with zero attached hydrogens (tertiary/aromatic N) is 4. The average Bonchev–Trinajstić information content (AvgIpc) is 2.63. The summed E-state index contributed by atoms with van der Waals surface area (Å²) >= 11 is 0. The van der Waals surface area contributed by atoms with Gasteiger partial charge in [-0.05, 0) is 49.6 Å². The van der Waals surface area contributed by atoms with E-state index in [1.54, 1.807) is 6.33 Å². The molecule has 5 nitrogen and oxygen atoms in total. The fourth-order valence-corrected chi connectivity index (χ4v) is 2.68. The number of likely N-dealkylation sites (N-methyl/N-ethyl adjacent to an activating group) is 1. The van der Waals surface area contributed by atoms with Gasteiger partial charge in [0, 0.05) is 37.7 Å². The molecule has 2 heterocycles. The maximum atomic E-state index is 4.39. The van der Waals surface area contributed by atoms with Crippen molar-refractivity contribution >= 4 is 17.3 Å². The molecule has 128 valence electrons. The molecule has 3 rings (SSSR count). The lowest BCUT2D eigenvalue weighted by molar-refractivity contribution is 0.855. The van der Waals surface area contributed by atoms with E-state index >= 15 is 0 Å². The van der Waals surface area contributed by atoms with Gasteiger partial charge in [0.2, 0.25) is 0 Å². The van der Waals surface area contributed by atoms with Gasteiger partial charge >= 0.3 is 0 Å². The van der Waals surface area contributed by atoms with Crippen LogP contribution in [0.1, 0.15) is 16.7 Å². The first kappa shape index (κ1) is 16.9. The number of pyridine rings is 1. The molecular weight excluding hydrogens is 310 g/mol. The number of nitrogens with one attached hydrogen (secondary N) is 1. The standard InChI is InChI=1S/C20H23N5/c1-15-4-5-18(16(2)12-15)24-19-13-20(23-14-22-19)25(3)11-8-17-6-9-21-10-7-17/h4-7,9-10,12-14H,8,11H2,1-3H3,(H,22,23,24). The van der Waals surface area contributed by atoms with Gasteiger partial charge in [-0.25, -0.2) is 9.97 Å². The zero-order valence-corrected chi connectivity index (χ0v) is 14.9. The average molecular weight is 333 g/mol. The molecule has 2 aromatic heterocycles. The van der Waals surface area contributed by atoms with Crippen molar-refractivity contribution in [2.75, 3.05) is 23.8 Å². The summed E-state index contributed by atoms with van der Waals surface area (Å²) in [5.74, 6) is 1.70. The lowest BCUT2D eigenvalue weighted by atomic mass is 10.1. The van der Waals surface area contributed by atoms with Crippen molar-refractivity contribution in [2.45, 2.75) is 20.3 Å². The highest BCUT2D eigenvalue weighted by Gasteiger charge is 2.06. The maximum Gasteiger partial charge on any atom is 0.135 e. The van der Waals surface area contributed by atoms with Crippen molar-refractivity contribution in [3.05, 3.63) is 71.8 Å². The van der Waals surface area contributed by atoms with Crippen molar-refractivity contribution in [2.24, 2.45) is 0 Å². The zero-order valence-electron chi connectivity index (χ0n) is 14.9. The third kappa shape index (κ3) is 4.53. The van der Waals surface area contributed by atoms with Gasteiger partial charge in [0.1, 0.15) is 18.0 Å². The highest BCUT2D eigenvalue weighted by molar-refractivity contribution is 5.62.